The molecule has 0 amide bonds. The van der Waals surface area contributed by atoms with Crippen LogP contribution in [0.1, 0.15) is 36.1 Å². The lowest BCUT2D eigenvalue weighted by Gasteiger charge is -2.52. The zero-order valence-corrected chi connectivity index (χ0v) is 38.0. The van der Waals surface area contributed by atoms with Gasteiger partial charge < -0.3 is 9.80 Å². The molecule has 0 heterocycles. The number of hydrogen-bond donors (Lipinski definition) is 0. The molecule has 0 aromatic heterocycles. The Morgan fingerprint density at radius 3 is 1.31 bits per heavy atom. The lowest BCUT2D eigenvalue weighted by atomic mass is 9.91. The predicted octanol–water partition coefficient (Wildman–Crippen LogP) is 16.1. The molecule has 8 aromatic carbocycles. The van der Waals surface area contributed by atoms with Gasteiger partial charge in [0.2, 0.25) is 0 Å². The number of aryl methyl sites for hydroxylation is 2. The quantitative estimate of drug-likeness (QED) is 0.100. The van der Waals surface area contributed by atoms with Gasteiger partial charge in [0.1, 0.15) is 0 Å². The maximum Gasteiger partial charge on any atom is 0.0579 e. The van der Waals surface area contributed by atoms with E-state index in [1.165, 1.54) is 77.8 Å². The van der Waals surface area contributed by atoms with Crippen molar-refractivity contribution >= 4 is 71.8 Å². The number of hydrogen-bond acceptors (Lipinski definition) is 2. The first kappa shape index (κ1) is 38.8. The van der Waals surface area contributed by atoms with E-state index in [2.05, 4.69) is 233 Å². The van der Waals surface area contributed by atoms with Crippen molar-refractivity contribution in [2.75, 3.05) is 9.80 Å². The van der Waals surface area contributed by atoms with Gasteiger partial charge in [-0.25, -0.2) is 0 Å². The van der Waals surface area contributed by atoms with E-state index in [-0.39, 0.29) is 4.66 Å². The monoisotopic (exact) mass is 800 g/mol. The van der Waals surface area contributed by atoms with Crippen molar-refractivity contribution in [3.05, 3.63) is 192 Å². The summed E-state index contributed by atoms with van der Waals surface area (Å²) in [6.07, 6.45) is 2.05. The number of benzene rings is 8. The molecular formula is C55H56N2Si2. The molecule has 0 radical (unpaired) electrons. The highest BCUT2D eigenvalue weighted by Gasteiger charge is 2.60. The summed E-state index contributed by atoms with van der Waals surface area (Å²) in [6, 6.07) is 64.1. The first-order chi connectivity index (χ1) is 28.5. The second-order valence-electron chi connectivity index (χ2n) is 18.4. The van der Waals surface area contributed by atoms with Crippen LogP contribution in [0, 0.1) is 0 Å². The topological polar surface area (TPSA) is 6.48 Å². The van der Waals surface area contributed by atoms with Crippen LogP contribution in [-0.4, -0.2) is 16.1 Å². The molecule has 2 nitrogen and oxygen atoms in total. The molecule has 0 N–H and O–H groups in total. The van der Waals surface area contributed by atoms with Gasteiger partial charge in [-0.3, -0.25) is 0 Å². The lowest BCUT2D eigenvalue weighted by Crippen LogP contribution is -2.63. The zero-order chi connectivity index (χ0) is 41.1. The fraction of sp³-hybridized carbons (Fsp3) is 0.200. The molecule has 9 rings (SSSR count). The van der Waals surface area contributed by atoms with Crippen molar-refractivity contribution in [2.24, 2.45) is 0 Å². The Balaban J connectivity index is 1.34. The van der Waals surface area contributed by atoms with Crippen LogP contribution < -0.4 is 9.80 Å². The Morgan fingerprint density at radius 1 is 0.390 bits per heavy atom. The van der Waals surface area contributed by atoms with E-state index in [1.807, 2.05) is 0 Å². The fourth-order valence-corrected chi connectivity index (χ4v) is 23.9. The second kappa shape index (κ2) is 14.8. The van der Waals surface area contributed by atoms with Gasteiger partial charge in [0.05, 0.1) is 16.1 Å². The third kappa shape index (κ3) is 6.27. The molecule has 294 valence electrons. The first-order valence-electron chi connectivity index (χ1n) is 21.5. The normalized spacial score (nSPS) is 13.4. The Kier molecular flexibility index (Phi) is 9.77. The minimum atomic E-state index is -2.06. The Morgan fingerprint density at radius 2 is 0.814 bits per heavy atom. The van der Waals surface area contributed by atoms with Crippen LogP contribution in [-0.2, 0) is 17.5 Å². The van der Waals surface area contributed by atoms with E-state index in [4.69, 9.17) is 0 Å². The Bertz CT molecular complexity index is 2780. The molecule has 0 saturated carbocycles. The number of para-hydroxylation sites is 2. The molecule has 8 aromatic rings. The molecule has 1 aliphatic carbocycles. The summed E-state index contributed by atoms with van der Waals surface area (Å²) in [6.45, 7) is 20.3. The molecule has 1 aliphatic rings. The van der Waals surface area contributed by atoms with E-state index in [0.717, 1.165) is 18.5 Å². The first-order valence-corrected chi connectivity index (χ1v) is 28.5. The van der Waals surface area contributed by atoms with E-state index < -0.39 is 16.1 Å². The maximum atomic E-state index is 2.64. The van der Waals surface area contributed by atoms with Gasteiger partial charge in [0, 0.05) is 38.8 Å². The maximum absolute atomic E-state index is 2.64. The van der Waals surface area contributed by atoms with E-state index in [1.54, 1.807) is 5.56 Å². The van der Waals surface area contributed by atoms with Crippen LogP contribution in [0.25, 0.3) is 32.7 Å². The standard InChI is InChI=1S/C55H56N2Si2/c1-9-39-25-29-43(30-26-39)56(41-19-13-11-14-20-41)45-33-35-49-51(37-45)47-23-17-18-24-48(47)53-50-36-34-46(38-52(50)55(54(49)53,58(3,4)5)59(6,7)8)57(42-21-15-12-16-22-42)44-31-27-40(10-2)28-32-44/h11-38H,9-10H2,1-8H3. The van der Waals surface area contributed by atoms with Gasteiger partial charge in [-0.15, -0.1) is 0 Å². The molecule has 59 heavy (non-hydrogen) atoms. The molecular weight excluding hydrogens is 745 g/mol. The molecule has 0 fully saturated rings. The summed E-state index contributed by atoms with van der Waals surface area (Å²) in [5.41, 5.74) is 15.7. The van der Waals surface area contributed by atoms with Crippen molar-refractivity contribution < 1.29 is 0 Å². The summed E-state index contributed by atoms with van der Waals surface area (Å²) in [5, 5.41) is 5.40. The number of nitrogens with zero attached hydrogens (tertiary/aromatic N) is 2. The summed E-state index contributed by atoms with van der Waals surface area (Å²) in [4.78, 5) is 4.90. The van der Waals surface area contributed by atoms with Crippen LogP contribution in [0.3, 0.4) is 0 Å². The fourth-order valence-electron chi connectivity index (χ4n) is 10.8. The third-order valence-corrected chi connectivity index (χ3v) is 23.1. The molecule has 0 spiro atoms. The number of fused-ring (bicyclic) bond motifs is 8. The zero-order valence-electron chi connectivity index (χ0n) is 36.0. The average molecular weight is 801 g/mol. The number of anilines is 6. The van der Waals surface area contributed by atoms with Gasteiger partial charge in [-0.05, 0) is 141 Å². The largest absolute Gasteiger partial charge is 0.310 e. The summed E-state index contributed by atoms with van der Waals surface area (Å²) < 4.78 is -0.0754. The lowest BCUT2D eigenvalue weighted by molar-refractivity contribution is 0.962. The highest BCUT2D eigenvalue weighted by atomic mass is 28.4. The number of rotatable bonds is 10. The average Bonchev–Trinajstić information content (AvgIpc) is 3.58. The van der Waals surface area contributed by atoms with Crippen LogP contribution in [0.2, 0.25) is 39.3 Å². The van der Waals surface area contributed by atoms with Crippen molar-refractivity contribution in [1.29, 1.82) is 0 Å². The second-order valence-corrected chi connectivity index (χ2v) is 29.4. The van der Waals surface area contributed by atoms with Crippen LogP contribution in [0.15, 0.2) is 170 Å². The van der Waals surface area contributed by atoms with E-state index in [0.29, 0.717) is 0 Å². The van der Waals surface area contributed by atoms with Crippen molar-refractivity contribution in [3.63, 3.8) is 0 Å². The van der Waals surface area contributed by atoms with E-state index >= 15 is 0 Å². The van der Waals surface area contributed by atoms with Crippen LogP contribution in [0.5, 0.6) is 0 Å². The van der Waals surface area contributed by atoms with E-state index in [9.17, 15) is 0 Å². The van der Waals surface area contributed by atoms with Gasteiger partial charge in [-0.1, -0.05) is 150 Å². The van der Waals surface area contributed by atoms with Gasteiger partial charge >= 0.3 is 0 Å². The Labute approximate surface area is 353 Å². The summed E-state index contributed by atoms with van der Waals surface area (Å²) >= 11 is 0. The molecule has 0 atom stereocenters. The van der Waals surface area contributed by atoms with Crippen molar-refractivity contribution in [2.45, 2.75) is 70.6 Å². The highest BCUT2D eigenvalue weighted by molar-refractivity contribution is 7.00. The van der Waals surface area contributed by atoms with Crippen LogP contribution in [0.4, 0.5) is 34.1 Å². The van der Waals surface area contributed by atoms with Gasteiger partial charge in [-0.2, -0.15) is 0 Å². The molecule has 0 bridgehead atoms. The van der Waals surface area contributed by atoms with Crippen molar-refractivity contribution in [1.82, 2.24) is 0 Å². The van der Waals surface area contributed by atoms with Crippen LogP contribution >= 0.6 is 0 Å². The molecule has 0 unspecified atom stereocenters. The predicted molar refractivity (Wildman–Crippen MR) is 262 cm³/mol. The van der Waals surface area contributed by atoms with Gasteiger partial charge in [0.15, 0.2) is 0 Å². The summed E-state index contributed by atoms with van der Waals surface area (Å²) in [5.74, 6) is 0. The van der Waals surface area contributed by atoms with Crippen molar-refractivity contribution in [3.8, 4) is 11.1 Å². The minimum absolute atomic E-state index is 0.0754. The molecule has 4 heteroatoms. The molecule has 0 aliphatic heterocycles. The molecule has 0 saturated heterocycles. The van der Waals surface area contributed by atoms with Gasteiger partial charge in [0.25, 0.3) is 0 Å². The minimum Gasteiger partial charge on any atom is -0.310 e. The third-order valence-electron chi connectivity index (χ3n) is 13.1. The Hall–Kier alpha value is -5.69. The SMILES string of the molecule is CCc1ccc(N(c2ccccc2)c2ccc3c(c2)C([Si](C)(C)C)([Si](C)(C)C)c2c-3c3ccccc3c3cc(N(c4ccccc4)c4ccc(CC)cc4)ccc23)cc1. The smallest absolute Gasteiger partial charge is 0.0579 e. The highest BCUT2D eigenvalue weighted by Crippen LogP contribution is 2.62. The summed E-state index contributed by atoms with van der Waals surface area (Å²) in [7, 11) is -4.13.